The van der Waals surface area contributed by atoms with Crippen LogP contribution in [0.15, 0.2) is 33.5 Å². The molecule has 0 amide bonds. The summed E-state index contributed by atoms with van der Waals surface area (Å²) >= 11 is 3.19. The number of fused-ring (bicyclic) bond motifs is 1. The van der Waals surface area contributed by atoms with Crippen LogP contribution < -0.4 is 5.56 Å². The van der Waals surface area contributed by atoms with E-state index in [1.807, 2.05) is 24.3 Å². The number of rotatable bonds is 5. The molecule has 1 heterocycles. The first-order valence-corrected chi connectivity index (χ1v) is 7.46. The largest absolute Gasteiger partial charge is 0.506 e. The lowest BCUT2D eigenvalue weighted by atomic mass is 10.1. The SMILES string of the molecule is CCCCCCn1c(=O)c(Br)c(O)c2ccccc21. The number of aryl methyl sites for hydroxylation is 1. The number of hydrogen-bond acceptors (Lipinski definition) is 2. The maximum atomic E-state index is 12.2. The van der Waals surface area contributed by atoms with Crippen molar-refractivity contribution < 1.29 is 5.11 Å². The molecule has 0 bridgehead atoms. The maximum absolute atomic E-state index is 12.2. The number of hydrogen-bond donors (Lipinski definition) is 1. The van der Waals surface area contributed by atoms with Crippen molar-refractivity contribution in [2.45, 2.75) is 39.2 Å². The first-order valence-electron chi connectivity index (χ1n) is 6.66. The second-order valence-corrected chi connectivity index (χ2v) is 5.49. The van der Waals surface area contributed by atoms with Crippen LogP contribution in [-0.2, 0) is 6.54 Å². The Morgan fingerprint density at radius 2 is 1.95 bits per heavy atom. The second-order valence-electron chi connectivity index (χ2n) is 4.70. The van der Waals surface area contributed by atoms with E-state index in [4.69, 9.17) is 0 Å². The van der Waals surface area contributed by atoms with E-state index in [0.29, 0.717) is 11.9 Å². The lowest BCUT2D eigenvalue weighted by molar-refractivity contribution is 0.474. The van der Waals surface area contributed by atoms with Crippen molar-refractivity contribution in [3.63, 3.8) is 0 Å². The van der Waals surface area contributed by atoms with Crippen LogP contribution in [0.25, 0.3) is 10.9 Å². The molecule has 0 aliphatic rings. The first kappa shape index (κ1) is 14.1. The van der Waals surface area contributed by atoms with Gasteiger partial charge in [0.15, 0.2) is 0 Å². The number of para-hydroxylation sites is 1. The van der Waals surface area contributed by atoms with Crippen LogP contribution in [0.1, 0.15) is 32.6 Å². The summed E-state index contributed by atoms with van der Waals surface area (Å²) in [5.74, 6) is 0.0328. The number of benzene rings is 1. The Kier molecular flexibility index (Phi) is 4.64. The van der Waals surface area contributed by atoms with Crippen LogP contribution >= 0.6 is 15.9 Å². The molecule has 2 aromatic rings. The molecule has 0 fully saturated rings. The highest BCUT2D eigenvalue weighted by Crippen LogP contribution is 2.29. The van der Waals surface area contributed by atoms with E-state index in [2.05, 4.69) is 22.9 Å². The summed E-state index contributed by atoms with van der Waals surface area (Å²) in [6.07, 6.45) is 4.46. The minimum Gasteiger partial charge on any atom is -0.506 e. The van der Waals surface area contributed by atoms with Crippen LogP contribution in [0.5, 0.6) is 5.75 Å². The van der Waals surface area contributed by atoms with Gasteiger partial charge in [-0.2, -0.15) is 0 Å². The smallest absolute Gasteiger partial charge is 0.269 e. The average Bonchev–Trinajstić information content (AvgIpc) is 2.44. The van der Waals surface area contributed by atoms with Crippen LogP contribution in [0.2, 0.25) is 0 Å². The van der Waals surface area contributed by atoms with E-state index in [1.165, 1.54) is 12.8 Å². The van der Waals surface area contributed by atoms with Crippen LogP contribution in [0.4, 0.5) is 0 Å². The molecule has 3 nitrogen and oxygen atoms in total. The molecule has 19 heavy (non-hydrogen) atoms. The zero-order chi connectivity index (χ0) is 13.8. The quantitative estimate of drug-likeness (QED) is 0.843. The van der Waals surface area contributed by atoms with Crippen LogP contribution in [-0.4, -0.2) is 9.67 Å². The Balaban J connectivity index is 2.44. The predicted molar refractivity (Wildman–Crippen MR) is 81.7 cm³/mol. The Morgan fingerprint density at radius 1 is 1.21 bits per heavy atom. The monoisotopic (exact) mass is 323 g/mol. The topological polar surface area (TPSA) is 42.2 Å². The van der Waals surface area contributed by atoms with Gasteiger partial charge in [0, 0.05) is 11.9 Å². The van der Waals surface area contributed by atoms with Gasteiger partial charge in [-0.3, -0.25) is 4.79 Å². The molecule has 0 unspecified atom stereocenters. The van der Waals surface area contributed by atoms with Crippen molar-refractivity contribution in [2.75, 3.05) is 0 Å². The Labute approximate surface area is 121 Å². The molecule has 0 atom stereocenters. The van der Waals surface area contributed by atoms with Gasteiger partial charge in [0.25, 0.3) is 5.56 Å². The standard InChI is InChI=1S/C15H18BrNO2/c1-2-3-4-7-10-17-12-9-6-5-8-11(12)14(18)13(16)15(17)19/h5-6,8-9,18H,2-4,7,10H2,1H3. The molecule has 1 aromatic heterocycles. The van der Waals surface area contributed by atoms with Gasteiger partial charge < -0.3 is 9.67 Å². The molecule has 1 N–H and O–H groups in total. The van der Waals surface area contributed by atoms with Crippen LogP contribution in [0.3, 0.4) is 0 Å². The predicted octanol–water partition coefficient (Wildman–Crippen LogP) is 4.05. The molecule has 0 radical (unpaired) electrons. The average molecular weight is 324 g/mol. The maximum Gasteiger partial charge on any atom is 0.269 e. The molecule has 0 aliphatic heterocycles. The van der Waals surface area contributed by atoms with Gasteiger partial charge in [-0.25, -0.2) is 0 Å². The Morgan fingerprint density at radius 3 is 2.68 bits per heavy atom. The van der Waals surface area contributed by atoms with Crippen molar-refractivity contribution in [1.82, 2.24) is 4.57 Å². The van der Waals surface area contributed by atoms with Gasteiger partial charge in [-0.05, 0) is 34.5 Å². The Bertz CT molecular complexity index is 634. The van der Waals surface area contributed by atoms with Crippen molar-refractivity contribution in [3.05, 3.63) is 39.1 Å². The second kappa shape index (κ2) is 6.24. The minimum atomic E-state index is -0.160. The molecule has 0 spiro atoms. The van der Waals surface area contributed by atoms with Gasteiger partial charge in [0.05, 0.1) is 5.52 Å². The summed E-state index contributed by atoms with van der Waals surface area (Å²) in [7, 11) is 0. The number of halogens is 1. The fourth-order valence-corrected chi connectivity index (χ4v) is 2.70. The number of nitrogens with zero attached hydrogens (tertiary/aromatic N) is 1. The number of aromatic hydroxyl groups is 1. The van der Waals surface area contributed by atoms with Crippen molar-refractivity contribution in [2.24, 2.45) is 0 Å². The summed E-state index contributed by atoms with van der Waals surface area (Å²) in [5.41, 5.74) is 0.636. The third kappa shape index (κ3) is 2.84. The van der Waals surface area contributed by atoms with Gasteiger partial charge in [0.1, 0.15) is 10.2 Å². The van der Waals surface area contributed by atoms with E-state index < -0.39 is 0 Å². The minimum absolute atomic E-state index is 0.0328. The molecule has 102 valence electrons. The normalized spacial score (nSPS) is 11.1. The fraction of sp³-hybridized carbons (Fsp3) is 0.400. The summed E-state index contributed by atoms with van der Waals surface area (Å²) in [6.45, 7) is 2.86. The van der Waals surface area contributed by atoms with Crippen molar-refractivity contribution in [1.29, 1.82) is 0 Å². The van der Waals surface area contributed by atoms with Gasteiger partial charge in [-0.15, -0.1) is 0 Å². The lowest BCUT2D eigenvalue weighted by Crippen LogP contribution is -2.21. The van der Waals surface area contributed by atoms with Gasteiger partial charge in [-0.1, -0.05) is 38.3 Å². The molecule has 4 heteroatoms. The Hall–Kier alpha value is -1.29. The van der Waals surface area contributed by atoms with Crippen molar-refractivity contribution in [3.8, 4) is 5.75 Å². The zero-order valence-electron chi connectivity index (χ0n) is 11.0. The van der Waals surface area contributed by atoms with E-state index in [1.54, 1.807) is 4.57 Å². The molecule has 0 aliphatic carbocycles. The van der Waals surface area contributed by atoms with E-state index in [9.17, 15) is 9.90 Å². The number of unbranched alkanes of at least 4 members (excludes halogenated alkanes) is 3. The molecular formula is C15H18BrNO2. The highest BCUT2D eigenvalue weighted by Gasteiger charge is 2.13. The van der Waals surface area contributed by atoms with Gasteiger partial charge >= 0.3 is 0 Å². The zero-order valence-corrected chi connectivity index (χ0v) is 12.6. The highest BCUT2D eigenvalue weighted by atomic mass is 79.9. The van der Waals surface area contributed by atoms with E-state index >= 15 is 0 Å². The number of aromatic nitrogens is 1. The number of pyridine rings is 1. The van der Waals surface area contributed by atoms with Gasteiger partial charge in [0.2, 0.25) is 0 Å². The first-order chi connectivity index (χ1) is 9.16. The third-order valence-corrected chi connectivity index (χ3v) is 4.04. The lowest BCUT2D eigenvalue weighted by Gasteiger charge is -2.12. The molecule has 0 saturated heterocycles. The molecule has 0 saturated carbocycles. The van der Waals surface area contributed by atoms with E-state index in [-0.39, 0.29) is 15.8 Å². The highest BCUT2D eigenvalue weighted by molar-refractivity contribution is 9.10. The summed E-state index contributed by atoms with van der Waals surface area (Å²) < 4.78 is 2.00. The molecular weight excluding hydrogens is 306 g/mol. The molecule has 2 rings (SSSR count). The summed E-state index contributed by atoms with van der Waals surface area (Å²) in [4.78, 5) is 12.2. The van der Waals surface area contributed by atoms with Crippen LogP contribution in [0, 0.1) is 0 Å². The summed E-state index contributed by atoms with van der Waals surface area (Å²) in [6, 6.07) is 7.46. The molecule has 1 aromatic carbocycles. The van der Waals surface area contributed by atoms with E-state index in [0.717, 1.165) is 18.4 Å². The van der Waals surface area contributed by atoms with Crippen molar-refractivity contribution >= 4 is 26.8 Å². The third-order valence-electron chi connectivity index (χ3n) is 3.33. The fourth-order valence-electron chi connectivity index (χ4n) is 2.28. The summed E-state index contributed by atoms with van der Waals surface area (Å²) in [5, 5.41) is 10.7.